The predicted octanol–water partition coefficient (Wildman–Crippen LogP) is 2.26. The van der Waals surface area contributed by atoms with Gasteiger partial charge in [0.2, 0.25) is 5.91 Å². The van der Waals surface area contributed by atoms with Crippen molar-refractivity contribution in [1.82, 2.24) is 9.80 Å². The third-order valence-corrected chi connectivity index (χ3v) is 4.31. The smallest absolute Gasteiger partial charge is 0.225 e. The van der Waals surface area contributed by atoms with Crippen LogP contribution in [0.1, 0.15) is 59.8 Å². The standard InChI is InChI=1S/C16H32N2O2/c1-5-7-16(20,8-6-2)13-15(19)18-11-9-17(10-12-18)14(3)4/h14,20H,5-13H2,1-4H3. The number of rotatable bonds is 7. The molecule has 4 heteroatoms. The number of nitrogens with zero attached hydrogens (tertiary/aromatic N) is 2. The molecule has 0 unspecified atom stereocenters. The van der Waals surface area contributed by atoms with Gasteiger partial charge in [-0.1, -0.05) is 26.7 Å². The molecule has 0 aromatic carbocycles. The van der Waals surface area contributed by atoms with E-state index in [0.717, 1.165) is 51.9 Å². The first-order chi connectivity index (χ1) is 9.41. The molecule has 0 atom stereocenters. The predicted molar refractivity (Wildman–Crippen MR) is 82.7 cm³/mol. The summed E-state index contributed by atoms with van der Waals surface area (Å²) in [5, 5.41) is 10.6. The van der Waals surface area contributed by atoms with Gasteiger partial charge in [0, 0.05) is 32.2 Å². The van der Waals surface area contributed by atoms with Crippen LogP contribution < -0.4 is 0 Å². The summed E-state index contributed by atoms with van der Waals surface area (Å²) in [5.74, 6) is 0.123. The van der Waals surface area contributed by atoms with E-state index >= 15 is 0 Å². The van der Waals surface area contributed by atoms with Gasteiger partial charge < -0.3 is 10.0 Å². The van der Waals surface area contributed by atoms with E-state index in [2.05, 4.69) is 32.6 Å². The van der Waals surface area contributed by atoms with Crippen molar-refractivity contribution in [3.63, 3.8) is 0 Å². The summed E-state index contributed by atoms with van der Waals surface area (Å²) in [6.45, 7) is 12.0. The van der Waals surface area contributed by atoms with Gasteiger partial charge in [0.1, 0.15) is 0 Å². The van der Waals surface area contributed by atoms with Crippen molar-refractivity contribution in [2.24, 2.45) is 0 Å². The number of piperazine rings is 1. The molecular formula is C16H32N2O2. The Morgan fingerprint density at radius 3 is 2.00 bits per heavy atom. The van der Waals surface area contributed by atoms with Crippen LogP contribution in [0.25, 0.3) is 0 Å². The van der Waals surface area contributed by atoms with E-state index in [0.29, 0.717) is 6.04 Å². The molecule has 1 fully saturated rings. The minimum absolute atomic E-state index is 0.123. The molecule has 1 rings (SSSR count). The maximum atomic E-state index is 12.4. The number of amides is 1. The average molecular weight is 284 g/mol. The van der Waals surface area contributed by atoms with Crippen molar-refractivity contribution < 1.29 is 9.90 Å². The summed E-state index contributed by atoms with van der Waals surface area (Å²) in [7, 11) is 0. The molecule has 1 heterocycles. The first-order valence-electron chi connectivity index (χ1n) is 8.16. The van der Waals surface area contributed by atoms with E-state index in [1.165, 1.54) is 0 Å². The van der Waals surface area contributed by atoms with E-state index in [1.807, 2.05) is 4.90 Å². The molecule has 0 aliphatic carbocycles. The van der Waals surface area contributed by atoms with Crippen LogP contribution >= 0.6 is 0 Å². The SMILES string of the molecule is CCCC(O)(CCC)CC(=O)N1CCN(C(C)C)CC1. The highest BCUT2D eigenvalue weighted by Crippen LogP contribution is 2.24. The molecule has 1 amide bonds. The second-order valence-corrected chi connectivity index (χ2v) is 6.41. The number of hydrogen-bond acceptors (Lipinski definition) is 3. The third-order valence-electron chi connectivity index (χ3n) is 4.31. The highest BCUT2D eigenvalue weighted by atomic mass is 16.3. The molecule has 0 saturated carbocycles. The molecule has 118 valence electrons. The highest BCUT2D eigenvalue weighted by Gasteiger charge is 2.31. The van der Waals surface area contributed by atoms with Gasteiger partial charge in [-0.25, -0.2) is 0 Å². The van der Waals surface area contributed by atoms with Crippen LogP contribution in [0.15, 0.2) is 0 Å². The fraction of sp³-hybridized carbons (Fsp3) is 0.938. The second kappa shape index (κ2) is 7.99. The molecule has 20 heavy (non-hydrogen) atoms. The molecule has 1 aliphatic heterocycles. The Bertz CT molecular complexity index is 291. The normalized spacial score (nSPS) is 17.8. The van der Waals surface area contributed by atoms with Crippen molar-refractivity contribution in [3.8, 4) is 0 Å². The Labute approximate surface area is 124 Å². The van der Waals surface area contributed by atoms with Gasteiger partial charge in [0.05, 0.1) is 12.0 Å². The molecule has 0 aromatic heterocycles. The van der Waals surface area contributed by atoms with Gasteiger partial charge in [-0.05, 0) is 26.7 Å². The van der Waals surface area contributed by atoms with Gasteiger partial charge in [-0.15, -0.1) is 0 Å². The van der Waals surface area contributed by atoms with Crippen LogP contribution in [-0.4, -0.2) is 58.6 Å². The minimum Gasteiger partial charge on any atom is -0.389 e. The zero-order valence-electron chi connectivity index (χ0n) is 13.7. The molecule has 1 saturated heterocycles. The Hall–Kier alpha value is -0.610. The van der Waals surface area contributed by atoms with Gasteiger partial charge in [-0.2, -0.15) is 0 Å². The Morgan fingerprint density at radius 1 is 1.10 bits per heavy atom. The summed E-state index contributed by atoms with van der Waals surface area (Å²) in [6.07, 6.45) is 3.57. The van der Waals surface area contributed by atoms with Crippen LogP contribution in [-0.2, 0) is 4.79 Å². The number of carbonyl (C=O) groups is 1. The fourth-order valence-electron chi connectivity index (χ4n) is 3.11. The topological polar surface area (TPSA) is 43.8 Å². The van der Waals surface area contributed by atoms with Crippen LogP contribution in [0.5, 0.6) is 0 Å². The first-order valence-corrected chi connectivity index (χ1v) is 8.16. The van der Waals surface area contributed by atoms with E-state index in [1.54, 1.807) is 0 Å². The summed E-state index contributed by atoms with van der Waals surface area (Å²) < 4.78 is 0. The first kappa shape index (κ1) is 17.4. The largest absolute Gasteiger partial charge is 0.389 e. The van der Waals surface area contributed by atoms with Crippen molar-refractivity contribution in [2.45, 2.75) is 71.4 Å². The zero-order chi connectivity index (χ0) is 15.2. The van der Waals surface area contributed by atoms with E-state index in [4.69, 9.17) is 0 Å². The second-order valence-electron chi connectivity index (χ2n) is 6.41. The Morgan fingerprint density at radius 2 is 1.60 bits per heavy atom. The quantitative estimate of drug-likeness (QED) is 0.780. The molecule has 1 aliphatic rings. The van der Waals surface area contributed by atoms with Crippen molar-refractivity contribution >= 4 is 5.91 Å². The maximum Gasteiger partial charge on any atom is 0.225 e. The third kappa shape index (κ3) is 5.06. The molecular weight excluding hydrogens is 252 g/mol. The summed E-state index contributed by atoms with van der Waals surface area (Å²) in [4.78, 5) is 16.7. The van der Waals surface area contributed by atoms with Crippen LogP contribution in [0.3, 0.4) is 0 Å². The van der Waals surface area contributed by atoms with Gasteiger partial charge in [0.25, 0.3) is 0 Å². The molecule has 0 aromatic rings. The molecule has 4 nitrogen and oxygen atoms in total. The lowest BCUT2D eigenvalue weighted by atomic mass is 9.88. The summed E-state index contributed by atoms with van der Waals surface area (Å²) in [6, 6.07) is 0.546. The lowest BCUT2D eigenvalue weighted by Crippen LogP contribution is -2.52. The number of hydrogen-bond donors (Lipinski definition) is 1. The van der Waals surface area contributed by atoms with Crippen molar-refractivity contribution in [3.05, 3.63) is 0 Å². The van der Waals surface area contributed by atoms with Crippen LogP contribution in [0, 0.1) is 0 Å². The van der Waals surface area contributed by atoms with Gasteiger partial charge in [-0.3, -0.25) is 9.69 Å². The lowest BCUT2D eigenvalue weighted by Gasteiger charge is -2.38. The highest BCUT2D eigenvalue weighted by molar-refractivity contribution is 5.77. The summed E-state index contributed by atoms with van der Waals surface area (Å²) in [5.41, 5.74) is -0.796. The van der Waals surface area contributed by atoms with Crippen LogP contribution in [0.4, 0.5) is 0 Å². The number of aliphatic hydroxyl groups is 1. The zero-order valence-corrected chi connectivity index (χ0v) is 13.7. The Kier molecular flexibility index (Phi) is 6.96. The molecule has 0 bridgehead atoms. The van der Waals surface area contributed by atoms with Crippen LogP contribution in [0.2, 0.25) is 0 Å². The minimum atomic E-state index is -0.796. The monoisotopic (exact) mass is 284 g/mol. The van der Waals surface area contributed by atoms with Crippen molar-refractivity contribution in [2.75, 3.05) is 26.2 Å². The maximum absolute atomic E-state index is 12.4. The van der Waals surface area contributed by atoms with E-state index < -0.39 is 5.60 Å². The van der Waals surface area contributed by atoms with Gasteiger partial charge in [0.15, 0.2) is 0 Å². The van der Waals surface area contributed by atoms with E-state index in [9.17, 15) is 9.90 Å². The van der Waals surface area contributed by atoms with Crippen molar-refractivity contribution in [1.29, 1.82) is 0 Å². The van der Waals surface area contributed by atoms with E-state index in [-0.39, 0.29) is 12.3 Å². The average Bonchev–Trinajstić information content (AvgIpc) is 2.39. The molecule has 1 N–H and O–H groups in total. The number of carbonyl (C=O) groups excluding carboxylic acids is 1. The summed E-state index contributed by atoms with van der Waals surface area (Å²) >= 11 is 0. The lowest BCUT2D eigenvalue weighted by molar-refractivity contribution is -0.139. The molecule has 0 radical (unpaired) electrons. The van der Waals surface area contributed by atoms with Gasteiger partial charge >= 0.3 is 0 Å². The Balaban J connectivity index is 2.50. The molecule has 0 spiro atoms. The fourth-order valence-corrected chi connectivity index (χ4v) is 3.11.